The van der Waals surface area contributed by atoms with Gasteiger partial charge in [-0.2, -0.15) is 0 Å². The van der Waals surface area contributed by atoms with Crippen molar-refractivity contribution in [2.45, 2.75) is 52.9 Å². The molecule has 0 spiro atoms. The number of hydrogen-bond acceptors (Lipinski definition) is 5. The smallest absolute Gasteiger partial charge is 0.339 e. The van der Waals surface area contributed by atoms with E-state index in [9.17, 15) is 9.59 Å². The second-order valence-corrected chi connectivity index (χ2v) is 11.7. The van der Waals surface area contributed by atoms with Crippen molar-refractivity contribution >= 4 is 51.6 Å². The quantitative estimate of drug-likeness (QED) is 0.193. The van der Waals surface area contributed by atoms with Crippen LogP contribution in [0, 0.1) is 13.8 Å². The maximum absolute atomic E-state index is 13.8. The van der Waals surface area contributed by atoms with Crippen molar-refractivity contribution in [2.75, 3.05) is 29.6 Å². The molecule has 1 aliphatic rings. The first-order valence-electron chi connectivity index (χ1n) is 13.5. The lowest BCUT2D eigenvalue weighted by molar-refractivity contribution is -0.164. The maximum atomic E-state index is 13.8. The molecule has 1 aliphatic heterocycles. The van der Waals surface area contributed by atoms with Crippen LogP contribution >= 0.6 is 11.6 Å². The van der Waals surface area contributed by atoms with E-state index in [4.69, 9.17) is 26.8 Å². The number of nitrogens with zero attached hydrogens (tertiary/aromatic N) is 2. The minimum atomic E-state index is -1.05. The van der Waals surface area contributed by atoms with Gasteiger partial charge in [0.15, 0.2) is 6.10 Å². The van der Waals surface area contributed by atoms with Crippen LogP contribution in [0.1, 0.15) is 43.7 Å². The number of para-hydroxylation sites is 2. The van der Waals surface area contributed by atoms with Crippen LogP contribution in [0.3, 0.4) is 0 Å². The second-order valence-electron chi connectivity index (χ2n) is 11.3. The van der Waals surface area contributed by atoms with Gasteiger partial charge in [0.2, 0.25) is 0 Å². The molecular formula is C32H35ClN4O4. The van der Waals surface area contributed by atoms with Crippen molar-refractivity contribution in [1.29, 1.82) is 0 Å². The molecule has 1 atom stereocenters. The number of hydrogen-bond donors (Lipinski definition) is 2. The fourth-order valence-corrected chi connectivity index (χ4v) is 5.75. The molecule has 2 heterocycles. The number of urea groups is 1. The Labute approximate surface area is 245 Å². The van der Waals surface area contributed by atoms with Crippen LogP contribution in [0.5, 0.6) is 0 Å². The third-order valence-corrected chi connectivity index (χ3v) is 7.62. The van der Waals surface area contributed by atoms with Gasteiger partial charge in [-0.15, -0.1) is 0 Å². The molecule has 41 heavy (non-hydrogen) atoms. The summed E-state index contributed by atoms with van der Waals surface area (Å²) in [5.41, 5.74) is 12.3. The molecule has 0 saturated heterocycles. The molecule has 214 valence electrons. The van der Waals surface area contributed by atoms with E-state index in [0.29, 0.717) is 40.7 Å². The van der Waals surface area contributed by atoms with Crippen LogP contribution in [0.15, 0.2) is 54.6 Å². The number of benzene rings is 3. The number of nitrogens with one attached hydrogen (secondary N) is 1. The minimum absolute atomic E-state index is 0.311. The van der Waals surface area contributed by atoms with Crippen LogP contribution in [0.4, 0.5) is 21.9 Å². The highest BCUT2D eigenvalue weighted by Gasteiger charge is 2.37. The number of aromatic nitrogens is 1. The summed E-state index contributed by atoms with van der Waals surface area (Å²) in [7, 11) is 1.35. The average molecular weight is 575 g/mol. The lowest BCUT2D eigenvalue weighted by atomic mass is 9.87. The van der Waals surface area contributed by atoms with Crippen molar-refractivity contribution in [2.24, 2.45) is 0 Å². The molecule has 0 radical (unpaired) electrons. The molecule has 3 aromatic carbocycles. The first kappa shape index (κ1) is 28.5. The standard InChI is InChI=1S/C32H35ClN4O4/c1-18-17-22-26(20-11-13-21(33)14-12-20)25(29(30(38)40-6)41-32(3,4)5)19(2)27-28(22)36(18)15-16-37(27)31(39)35-24-10-8-7-9-23(24)34/h7-14,17,29H,15-16,34H2,1-6H3,(H,35,39)/t29-/m0/s1. The van der Waals surface area contributed by atoms with Crippen LogP contribution in [-0.4, -0.2) is 35.8 Å². The topological polar surface area (TPSA) is 98.8 Å². The molecule has 9 heteroatoms. The SMILES string of the molecule is COC(=O)[C@@H](OC(C)(C)C)c1c(C)c2c3c(cc(C)n3CCN2C(=O)Nc2ccccc2N)c1-c1ccc(Cl)cc1. The molecule has 2 amide bonds. The summed E-state index contributed by atoms with van der Waals surface area (Å²) in [5, 5.41) is 4.49. The summed E-state index contributed by atoms with van der Waals surface area (Å²) in [6, 6.07) is 16.5. The van der Waals surface area contributed by atoms with E-state index < -0.39 is 17.7 Å². The molecule has 0 bridgehead atoms. The Morgan fingerprint density at radius 1 is 1.05 bits per heavy atom. The Kier molecular flexibility index (Phi) is 7.48. The average Bonchev–Trinajstić information content (AvgIpc) is 3.26. The summed E-state index contributed by atoms with van der Waals surface area (Å²) in [6.07, 6.45) is -1.05. The number of halogens is 1. The number of esters is 1. The molecule has 4 aromatic rings. The van der Waals surface area contributed by atoms with Gasteiger partial charge in [0, 0.05) is 34.8 Å². The number of nitrogens with two attached hydrogens (primary N) is 1. The Morgan fingerprint density at radius 3 is 2.37 bits per heavy atom. The van der Waals surface area contributed by atoms with Gasteiger partial charge < -0.3 is 25.1 Å². The zero-order valence-electron chi connectivity index (χ0n) is 24.2. The van der Waals surface area contributed by atoms with E-state index in [1.54, 1.807) is 17.0 Å². The van der Waals surface area contributed by atoms with Crippen LogP contribution < -0.4 is 16.0 Å². The first-order valence-corrected chi connectivity index (χ1v) is 13.9. The number of carbonyl (C=O) groups excluding carboxylic acids is 2. The van der Waals surface area contributed by atoms with Crippen molar-refractivity contribution in [3.63, 3.8) is 0 Å². The number of anilines is 3. The third-order valence-electron chi connectivity index (χ3n) is 7.37. The Hall–Kier alpha value is -4.01. The number of methoxy groups -OCH3 is 1. The summed E-state index contributed by atoms with van der Waals surface area (Å²) in [6.45, 7) is 10.7. The third kappa shape index (κ3) is 5.25. The monoisotopic (exact) mass is 574 g/mol. The minimum Gasteiger partial charge on any atom is -0.467 e. The summed E-state index contributed by atoms with van der Waals surface area (Å²) in [4.78, 5) is 29.0. The highest BCUT2D eigenvalue weighted by Crippen LogP contribution is 2.48. The Bertz CT molecular complexity index is 1650. The van der Waals surface area contributed by atoms with Crippen LogP contribution in [0.25, 0.3) is 22.0 Å². The summed E-state index contributed by atoms with van der Waals surface area (Å²) < 4.78 is 13.9. The van der Waals surface area contributed by atoms with E-state index in [2.05, 4.69) is 16.0 Å². The van der Waals surface area contributed by atoms with Gasteiger partial charge in [0.1, 0.15) is 0 Å². The molecule has 8 nitrogen and oxygen atoms in total. The lowest BCUT2D eigenvalue weighted by Gasteiger charge is -2.35. The van der Waals surface area contributed by atoms with Crippen molar-refractivity contribution in [3.05, 3.63) is 76.4 Å². The van der Waals surface area contributed by atoms with Crippen LogP contribution in [-0.2, 0) is 20.8 Å². The molecule has 5 rings (SSSR count). The van der Waals surface area contributed by atoms with E-state index in [1.165, 1.54) is 7.11 Å². The van der Waals surface area contributed by atoms with Gasteiger partial charge in [-0.25, -0.2) is 9.59 Å². The number of amides is 2. The van der Waals surface area contributed by atoms with E-state index in [-0.39, 0.29) is 6.03 Å². The predicted molar refractivity (Wildman–Crippen MR) is 165 cm³/mol. The number of aryl methyl sites for hydroxylation is 1. The second kappa shape index (κ2) is 10.8. The molecule has 0 fully saturated rings. The van der Waals surface area contributed by atoms with Gasteiger partial charge in [-0.1, -0.05) is 35.9 Å². The predicted octanol–water partition coefficient (Wildman–Crippen LogP) is 7.24. The zero-order chi connectivity index (χ0) is 29.6. The fourth-order valence-electron chi connectivity index (χ4n) is 5.63. The first-order chi connectivity index (χ1) is 19.4. The van der Waals surface area contributed by atoms with Gasteiger partial charge in [0.05, 0.1) is 35.3 Å². The molecule has 0 saturated carbocycles. The molecule has 3 N–H and O–H groups in total. The lowest BCUT2D eigenvalue weighted by Crippen LogP contribution is -2.41. The number of ether oxygens (including phenoxy) is 2. The van der Waals surface area contributed by atoms with Gasteiger partial charge in [0.25, 0.3) is 0 Å². The van der Waals surface area contributed by atoms with E-state index in [1.807, 2.05) is 71.0 Å². The molecular weight excluding hydrogens is 540 g/mol. The number of carbonyl (C=O) groups is 2. The van der Waals surface area contributed by atoms with E-state index >= 15 is 0 Å². The van der Waals surface area contributed by atoms with E-state index in [0.717, 1.165) is 33.3 Å². The van der Waals surface area contributed by atoms with Crippen molar-refractivity contribution in [3.8, 4) is 11.1 Å². The Balaban J connectivity index is 1.82. The molecule has 0 aliphatic carbocycles. The Morgan fingerprint density at radius 2 is 1.73 bits per heavy atom. The van der Waals surface area contributed by atoms with Crippen LogP contribution in [0.2, 0.25) is 5.02 Å². The summed E-state index contributed by atoms with van der Waals surface area (Å²) in [5.74, 6) is -0.523. The summed E-state index contributed by atoms with van der Waals surface area (Å²) >= 11 is 6.27. The van der Waals surface area contributed by atoms with Crippen molar-refractivity contribution < 1.29 is 19.1 Å². The van der Waals surface area contributed by atoms with Gasteiger partial charge >= 0.3 is 12.0 Å². The highest BCUT2D eigenvalue weighted by molar-refractivity contribution is 6.30. The van der Waals surface area contributed by atoms with Gasteiger partial charge in [-0.3, -0.25) is 4.90 Å². The normalized spacial score (nSPS) is 13.8. The fraction of sp³-hybridized carbons (Fsp3) is 0.312. The van der Waals surface area contributed by atoms with Gasteiger partial charge in [-0.05, 0) is 81.6 Å². The highest BCUT2D eigenvalue weighted by atomic mass is 35.5. The molecule has 0 unspecified atom stereocenters. The number of nitrogen functional groups attached to an aromatic ring is 1. The maximum Gasteiger partial charge on any atom is 0.339 e. The van der Waals surface area contributed by atoms with Crippen molar-refractivity contribution in [1.82, 2.24) is 4.57 Å². The number of rotatable bonds is 5. The largest absolute Gasteiger partial charge is 0.467 e. The zero-order valence-corrected chi connectivity index (χ0v) is 24.9. The molecule has 1 aromatic heterocycles.